The van der Waals surface area contributed by atoms with Gasteiger partial charge in [-0.3, -0.25) is 0 Å². The molecule has 0 fully saturated rings. The van der Waals surface area contributed by atoms with Gasteiger partial charge in [-0.1, -0.05) is 6.92 Å². The van der Waals surface area contributed by atoms with Crippen molar-refractivity contribution in [3.8, 4) is 0 Å². The van der Waals surface area contributed by atoms with Gasteiger partial charge in [-0.15, -0.1) is 5.10 Å². The summed E-state index contributed by atoms with van der Waals surface area (Å²) in [5.74, 6) is -0.689. The molecular formula is C12H12BrFN4O2. The van der Waals surface area contributed by atoms with E-state index in [1.807, 2.05) is 6.92 Å². The average Bonchev–Trinajstić information content (AvgIpc) is 2.87. The van der Waals surface area contributed by atoms with Crippen LogP contribution in [-0.4, -0.2) is 26.2 Å². The summed E-state index contributed by atoms with van der Waals surface area (Å²) in [4.78, 5) is 11.9. The normalized spacial score (nSPS) is 10.6. The second kappa shape index (κ2) is 6.56. The number of halogens is 2. The van der Waals surface area contributed by atoms with Gasteiger partial charge in [0.15, 0.2) is 12.4 Å². The van der Waals surface area contributed by atoms with E-state index >= 15 is 0 Å². The minimum Gasteiger partial charge on any atom is -0.454 e. The van der Waals surface area contributed by atoms with E-state index in [1.54, 1.807) is 4.68 Å². The van der Waals surface area contributed by atoms with Crippen LogP contribution in [0.4, 0.5) is 4.39 Å². The van der Waals surface area contributed by atoms with Gasteiger partial charge in [0.2, 0.25) is 0 Å². The molecule has 0 amide bonds. The zero-order valence-corrected chi connectivity index (χ0v) is 12.3. The first-order valence-electron chi connectivity index (χ1n) is 5.99. The Kier molecular flexibility index (Phi) is 4.78. The molecule has 0 aliphatic heterocycles. The number of carbonyl (C=O) groups excluding carboxylic acids is 1. The fraction of sp³-hybridized carbons (Fsp3) is 0.333. The summed E-state index contributed by atoms with van der Waals surface area (Å²) in [6.07, 6.45) is 0.863. The van der Waals surface area contributed by atoms with Gasteiger partial charge >= 0.3 is 5.97 Å². The maximum Gasteiger partial charge on any atom is 0.339 e. The summed E-state index contributed by atoms with van der Waals surface area (Å²) in [5, 5.41) is 11.1. The van der Waals surface area contributed by atoms with Crippen LogP contribution >= 0.6 is 15.9 Å². The number of hydrogen-bond acceptors (Lipinski definition) is 5. The van der Waals surface area contributed by atoms with Crippen LogP contribution in [0.15, 0.2) is 22.7 Å². The van der Waals surface area contributed by atoms with Gasteiger partial charge in [0.1, 0.15) is 5.82 Å². The maximum absolute atomic E-state index is 13.1. The van der Waals surface area contributed by atoms with Crippen molar-refractivity contribution >= 4 is 21.9 Å². The first-order valence-corrected chi connectivity index (χ1v) is 6.78. The van der Waals surface area contributed by atoms with Crippen molar-refractivity contribution in [3.05, 3.63) is 39.9 Å². The Morgan fingerprint density at radius 1 is 1.50 bits per heavy atom. The predicted octanol–water partition coefficient (Wildman–Crippen LogP) is 2.34. The Bertz CT molecular complexity index is 617. The molecule has 1 aromatic heterocycles. The molecule has 1 heterocycles. The summed E-state index contributed by atoms with van der Waals surface area (Å²) in [7, 11) is 0. The van der Waals surface area contributed by atoms with Crippen molar-refractivity contribution < 1.29 is 13.9 Å². The Labute approximate surface area is 123 Å². The molecule has 2 aromatic rings. The van der Waals surface area contributed by atoms with Crippen molar-refractivity contribution in [3.63, 3.8) is 0 Å². The lowest BCUT2D eigenvalue weighted by Crippen LogP contribution is -2.11. The Balaban J connectivity index is 2.05. The van der Waals surface area contributed by atoms with Gasteiger partial charge in [-0.25, -0.2) is 13.9 Å². The predicted molar refractivity (Wildman–Crippen MR) is 71.3 cm³/mol. The quantitative estimate of drug-likeness (QED) is 0.780. The number of carbonyl (C=O) groups is 1. The van der Waals surface area contributed by atoms with Crippen molar-refractivity contribution in [2.75, 3.05) is 0 Å². The number of aromatic nitrogens is 4. The third kappa shape index (κ3) is 3.38. The number of benzene rings is 1. The number of rotatable bonds is 5. The smallest absolute Gasteiger partial charge is 0.339 e. The highest BCUT2D eigenvalue weighted by Gasteiger charge is 2.14. The molecule has 6 nitrogen and oxygen atoms in total. The third-order valence-electron chi connectivity index (χ3n) is 2.52. The highest BCUT2D eigenvalue weighted by molar-refractivity contribution is 9.10. The minimum absolute atomic E-state index is 0.0607. The van der Waals surface area contributed by atoms with Crippen LogP contribution in [0.3, 0.4) is 0 Å². The van der Waals surface area contributed by atoms with E-state index in [0.717, 1.165) is 12.5 Å². The van der Waals surface area contributed by atoms with Crippen molar-refractivity contribution in [2.24, 2.45) is 0 Å². The molecule has 0 N–H and O–H groups in total. The summed E-state index contributed by atoms with van der Waals surface area (Å²) < 4.78 is 20.2. The third-order valence-corrected chi connectivity index (χ3v) is 3.21. The molecule has 8 heteroatoms. The monoisotopic (exact) mass is 342 g/mol. The average molecular weight is 343 g/mol. The lowest BCUT2D eigenvalue weighted by Gasteiger charge is -2.06. The number of ether oxygens (including phenoxy) is 1. The van der Waals surface area contributed by atoms with Crippen LogP contribution in [-0.2, 0) is 17.9 Å². The summed E-state index contributed by atoms with van der Waals surface area (Å²) >= 11 is 3.18. The topological polar surface area (TPSA) is 69.9 Å². The molecule has 0 saturated carbocycles. The van der Waals surface area contributed by atoms with E-state index in [2.05, 4.69) is 31.5 Å². The zero-order valence-electron chi connectivity index (χ0n) is 10.7. The van der Waals surface area contributed by atoms with Crippen LogP contribution < -0.4 is 0 Å². The number of esters is 1. The lowest BCUT2D eigenvalue weighted by molar-refractivity contribution is 0.0454. The van der Waals surface area contributed by atoms with Crippen LogP contribution in [0.25, 0.3) is 0 Å². The molecule has 0 spiro atoms. The van der Waals surface area contributed by atoms with Gasteiger partial charge in [0.05, 0.1) is 5.56 Å². The highest BCUT2D eigenvalue weighted by Crippen LogP contribution is 2.19. The van der Waals surface area contributed by atoms with E-state index in [1.165, 1.54) is 12.1 Å². The Morgan fingerprint density at radius 2 is 2.30 bits per heavy atom. The zero-order chi connectivity index (χ0) is 14.5. The largest absolute Gasteiger partial charge is 0.454 e. The fourth-order valence-corrected chi connectivity index (χ4v) is 1.98. The molecule has 0 saturated heterocycles. The molecule has 106 valence electrons. The van der Waals surface area contributed by atoms with Gasteiger partial charge in [-0.05, 0) is 51.0 Å². The molecule has 0 aliphatic carbocycles. The van der Waals surface area contributed by atoms with Crippen LogP contribution in [0, 0.1) is 5.82 Å². The standard InChI is InChI=1S/C12H12BrFN4O2/c1-2-5-18-11(15-16-17-18)7-20-12(19)9-6-8(14)3-4-10(9)13/h3-4,6H,2,5,7H2,1H3. The molecule has 20 heavy (non-hydrogen) atoms. The first-order chi connectivity index (χ1) is 9.61. The molecule has 0 atom stereocenters. The van der Waals surface area contributed by atoms with Crippen molar-refractivity contribution in [2.45, 2.75) is 26.5 Å². The lowest BCUT2D eigenvalue weighted by atomic mass is 10.2. The van der Waals surface area contributed by atoms with Gasteiger partial charge < -0.3 is 4.74 Å². The van der Waals surface area contributed by atoms with E-state index in [0.29, 0.717) is 16.8 Å². The first kappa shape index (κ1) is 14.6. The minimum atomic E-state index is -0.637. The van der Waals surface area contributed by atoms with E-state index in [9.17, 15) is 9.18 Å². The maximum atomic E-state index is 13.1. The highest BCUT2D eigenvalue weighted by atomic mass is 79.9. The van der Waals surface area contributed by atoms with Gasteiger partial charge in [0.25, 0.3) is 0 Å². The van der Waals surface area contributed by atoms with Crippen molar-refractivity contribution in [1.82, 2.24) is 20.2 Å². The summed E-state index contributed by atoms with van der Waals surface area (Å²) in [6, 6.07) is 3.82. The molecular weight excluding hydrogens is 331 g/mol. The molecule has 0 bridgehead atoms. The van der Waals surface area contributed by atoms with Gasteiger partial charge in [0, 0.05) is 11.0 Å². The molecule has 1 aromatic carbocycles. The number of tetrazole rings is 1. The molecule has 0 unspecified atom stereocenters. The van der Waals surface area contributed by atoms with Crippen LogP contribution in [0.2, 0.25) is 0 Å². The number of hydrogen-bond donors (Lipinski definition) is 0. The van der Waals surface area contributed by atoms with Crippen molar-refractivity contribution in [1.29, 1.82) is 0 Å². The number of nitrogens with zero attached hydrogens (tertiary/aromatic N) is 4. The summed E-state index contributed by atoms with van der Waals surface area (Å²) in [5.41, 5.74) is 0.125. The van der Waals surface area contributed by atoms with E-state index < -0.39 is 11.8 Å². The van der Waals surface area contributed by atoms with Gasteiger partial charge in [-0.2, -0.15) is 0 Å². The molecule has 0 aliphatic rings. The second-order valence-electron chi connectivity index (χ2n) is 4.02. The number of aryl methyl sites for hydroxylation is 1. The SMILES string of the molecule is CCCn1nnnc1COC(=O)c1cc(F)ccc1Br. The molecule has 0 radical (unpaired) electrons. The van der Waals surface area contributed by atoms with Crippen LogP contribution in [0.5, 0.6) is 0 Å². The summed E-state index contributed by atoms with van der Waals surface area (Å²) in [6.45, 7) is 2.57. The van der Waals surface area contributed by atoms with E-state index in [4.69, 9.17) is 4.74 Å². The Hall–Kier alpha value is -1.83. The fourth-order valence-electron chi connectivity index (χ4n) is 1.57. The molecule has 2 rings (SSSR count). The second-order valence-corrected chi connectivity index (χ2v) is 4.87. The Morgan fingerprint density at radius 3 is 3.05 bits per heavy atom. The van der Waals surface area contributed by atoms with E-state index in [-0.39, 0.29) is 12.2 Å². The van der Waals surface area contributed by atoms with Crippen LogP contribution in [0.1, 0.15) is 29.5 Å².